The third-order valence-corrected chi connectivity index (χ3v) is 6.46. The molecule has 1 aliphatic heterocycles. The van der Waals surface area contributed by atoms with Gasteiger partial charge in [0.15, 0.2) is 5.79 Å². The first-order valence-corrected chi connectivity index (χ1v) is 8.76. The summed E-state index contributed by atoms with van der Waals surface area (Å²) in [5, 5.41) is 3.92. The molecule has 0 radical (unpaired) electrons. The topological polar surface area (TPSA) is 30.5 Å². The molecule has 20 heavy (non-hydrogen) atoms. The van der Waals surface area contributed by atoms with Gasteiger partial charge in [0.2, 0.25) is 0 Å². The zero-order chi connectivity index (χ0) is 14.0. The van der Waals surface area contributed by atoms with Gasteiger partial charge in [-0.05, 0) is 41.5 Å². The van der Waals surface area contributed by atoms with E-state index in [1.54, 1.807) is 0 Å². The predicted molar refractivity (Wildman–Crippen MR) is 85.1 cm³/mol. The van der Waals surface area contributed by atoms with Crippen LogP contribution in [0.15, 0.2) is 33.6 Å². The van der Waals surface area contributed by atoms with E-state index < -0.39 is 0 Å². The first-order chi connectivity index (χ1) is 9.72. The Labute approximate surface area is 132 Å². The van der Waals surface area contributed by atoms with Crippen molar-refractivity contribution in [3.8, 4) is 0 Å². The maximum Gasteiger partial charge on any atom is 0.169 e. The number of benzene rings is 1. The van der Waals surface area contributed by atoms with Crippen molar-refractivity contribution < 1.29 is 9.47 Å². The molecule has 0 aromatic heterocycles. The molecule has 1 aromatic carbocycles. The fourth-order valence-electron chi connectivity index (χ4n) is 3.03. The Morgan fingerprint density at radius 3 is 2.75 bits per heavy atom. The number of halogens is 1. The lowest BCUT2D eigenvalue weighted by molar-refractivity contribution is -0.177. The maximum atomic E-state index is 5.90. The average molecular weight is 358 g/mol. The van der Waals surface area contributed by atoms with Crippen LogP contribution in [0.2, 0.25) is 0 Å². The monoisotopic (exact) mass is 357 g/mol. The number of hydrogen-bond acceptors (Lipinski definition) is 4. The van der Waals surface area contributed by atoms with Crippen molar-refractivity contribution in [3.63, 3.8) is 0 Å². The molecular formula is C15H20BrNO2S. The van der Waals surface area contributed by atoms with Crippen LogP contribution in [0.3, 0.4) is 0 Å². The molecule has 1 aliphatic carbocycles. The number of thioether (sulfide) groups is 1. The van der Waals surface area contributed by atoms with Crippen LogP contribution >= 0.6 is 27.7 Å². The van der Waals surface area contributed by atoms with Crippen molar-refractivity contribution in [2.24, 2.45) is 0 Å². The molecular weight excluding hydrogens is 338 g/mol. The summed E-state index contributed by atoms with van der Waals surface area (Å²) in [6, 6.07) is 8.90. The van der Waals surface area contributed by atoms with Crippen LogP contribution in [-0.4, -0.2) is 37.3 Å². The number of rotatable bonds is 3. The molecule has 1 saturated heterocycles. The zero-order valence-electron chi connectivity index (χ0n) is 11.6. The van der Waals surface area contributed by atoms with Gasteiger partial charge in [0.05, 0.1) is 13.2 Å². The standard InChI is InChI=1S/C15H20BrNO2S/c1-17-12-6-7-15(18-8-9-19-15)10-14(12)20-13-5-3-2-4-11(13)16/h2-5,12,14,17H,6-10H2,1H3. The molecule has 1 spiro atoms. The van der Waals surface area contributed by atoms with Gasteiger partial charge < -0.3 is 14.8 Å². The summed E-state index contributed by atoms with van der Waals surface area (Å²) < 4.78 is 13.0. The normalized spacial score (nSPS) is 28.9. The van der Waals surface area contributed by atoms with Crippen LogP contribution in [-0.2, 0) is 9.47 Å². The number of nitrogens with one attached hydrogen (secondary N) is 1. The Balaban J connectivity index is 1.76. The summed E-state index contributed by atoms with van der Waals surface area (Å²) in [6.07, 6.45) is 3.04. The van der Waals surface area contributed by atoms with Crippen molar-refractivity contribution in [3.05, 3.63) is 28.7 Å². The largest absolute Gasteiger partial charge is 0.347 e. The second-order valence-electron chi connectivity index (χ2n) is 5.33. The van der Waals surface area contributed by atoms with Gasteiger partial charge in [0.1, 0.15) is 0 Å². The first kappa shape index (κ1) is 14.9. The zero-order valence-corrected chi connectivity index (χ0v) is 14.0. The summed E-state index contributed by atoms with van der Waals surface area (Å²) in [4.78, 5) is 1.28. The molecule has 0 amide bonds. The predicted octanol–water partition coefficient (Wildman–Crippen LogP) is 3.42. The number of hydrogen-bond donors (Lipinski definition) is 1. The fourth-order valence-corrected chi connectivity index (χ4v) is 5.03. The lowest BCUT2D eigenvalue weighted by atomic mass is 9.89. The quantitative estimate of drug-likeness (QED) is 0.897. The molecule has 1 aromatic rings. The molecule has 1 saturated carbocycles. The summed E-state index contributed by atoms with van der Waals surface area (Å²) in [6.45, 7) is 1.47. The highest BCUT2D eigenvalue weighted by Gasteiger charge is 2.45. The highest BCUT2D eigenvalue weighted by molar-refractivity contribution is 9.10. The van der Waals surface area contributed by atoms with Gasteiger partial charge in [-0.25, -0.2) is 0 Å². The summed E-state index contributed by atoms with van der Waals surface area (Å²) in [5.41, 5.74) is 0. The number of ether oxygens (including phenoxy) is 2. The van der Waals surface area contributed by atoms with Crippen LogP contribution in [0.4, 0.5) is 0 Å². The first-order valence-electron chi connectivity index (χ1n) is 7.09. The van der Waals surface area contributed by atoms with Crippen molar-refractivity contribution in [2.45, 2.75) is 41.2 Å². The second kappa shape index (κ2) is 6.36. The minimum atomic E-state index is -0.327. The van der Waals surface area contributed by atoms with Gasteiger partial charge in [0.25, 0.3) is 0 Å². The van der Waals surface area contributed by atoms with E-state index in [-0.39, 0.29) is 5.79 Å². The molecule has 3 rings (SSSR count). The minimum Gasteiger partial charge on any atom is -0.347 e. The molecule has 110 valence electrons. The van der Waals surface area contributed by atoms with E-state index in [9.17, 15) is 0 Å². The molecule has 3 nitrogen and oxygen atoms in total. The van der Waals surface area contributed by atoms with Crippen LogP contribution < -0.4 is 5.32 Å². The van der Waals surface area contributed by atoms with Crippen LogP contribution in [0.1, 0.15) is 19.3 Å². The van der Waals surface area contributed by atoms with Gasteiger partial charge in [-0.15, -0.1) is 11.8 Å². The highest BCUT2D eigenvalue weighted by atomic mass is 79.9. The van der Waals surface area contributed by atoms with Gasteiger partial charge >= 0.3 is 0 Å². The van der Waals surface area contributed by atoms with Crippen LogP contribution in [0.25, 0.3) is 0 Å². The Bertz CT molecular complexity index is 465. The molecule has 2 fully saturated rings. The fraction of sp³-hybridized carbons (Fsp3) is 0.600. The van der Waals surface area contributed by atoms with E-state index in [1.165, 1.54) is 4.90 Å². The summed E-state index contributed by atoms with van der Waals surface area (Å²) in [7, 11) is 2.05. The Hall–Kier alpha value is -0.0700. The molecule has 5 heteroatoms. The van der Waals surface area contributed by atoms with Gasteiger partial charge in [-0.1, -0.05) is 12.1 Å². The van der Waals surface area contributed by atoms with Crippen molar-refractivity contribution >= 4 is 27.7 Å². The third-order valence-electron chi connectivity index (χ3n) is 4.10. The molecule has 0 bridgehead atoms. The molecule has 2 unspecified atom stereocenters. The average Bonchev–Trinajstić information content (AvgIpc) is 2.90. The van der Waals surface area contributed by atoms with Crippen molar-refractivity contribution in [1.82, 2.24) is 5.32 Å². The lowest BCUT2D eigenvalue weighted by Crippen LogP contribution is -2.48. The van der Waals surface area contributed by atoms with Crippen LogP contribution in [0, 0.1) is 0 Å². The molecule has 1 N–H and O–H groups in total. The van der Waals surface area contributed by atoms with E-state index in [0.29, 0.717) is 11.3 Å². The molecule has 2 aliphatic rings. The maximum absolute atomic E-state index is 5.90. The van der Waals surface area contributed by atoms with Gasteiger partial charge in [-0.2, -0.15) is 0 Å². The van der Waals surface area contributed by atoms with Crippen LogP contribution in [0.5, 0.6) is 0 Å². The van der Waals surface area contributed by atoms with E-state index >= 15 is 0 Å². The highest BCUT2D eigenvalue weighted by Crippen LogP contribution is 2.43. The summed E-state index contributed by atoms with van der Waals surface area (Å²) >= 11 is 5.55. The lowest BCUT2D eigenvalue weighted by Gasteiger charge is -2.40. The summed E-state index contributed by atoms with van der Waals surface area (Å²) in [5.74, 6) is -0.327. The van der Waals surface area contributed by atoms with Crippen molar-refractivity contribution in [2.75, 3.05) is 20.3 Å². The Morgan fingerprint density at radius 2 is 2.05 bits per heavy atom. The van der Waals surface area contributed by atoms with E-state index in [2.05, 4.69) is 45.5 Å². The molecule has 1 heterocycles. The van der Waals surface area contributed by atoms with E-state index in [1.807, 2.05) is 18.8 Å². The Morgan fingerprint density at radius 1 is 1.30 bits per heavy atom. The SMILES string of the molecule is CNC1CCC2(CC1Sc1ccccc1Br)OCCO2. The second-order valence-corrected chi connectivity index (χ2v) is 7.47. The van der Waals surface area contributed by atoms with Crippen molar-refractivity contribution in [1.29, 1.82) is 0 Å². The minimum absolute atomic E-state index is 0.327. The van der Waals surface area contributed by atoms with Gasteiger partial charge in [0, 0.05) is 33.5 Å². The van der Waals surface area contributed by atoms with Gasteiger partial charge in [-0.3, -0.25) is 0 Å². The van der Waals surface area contributed by atoms with E-state index in [4.69, 9.17) is 9.47 Å². The Kier molecular flexibility index (Phi) is 4.72. The van der Waals surface area contributed by atoms with E-state index in [0.717, 1.165) is 36.9 Å². The third kappa shape index (κ3) is 3.07. The smallest absolute Gasteiger partial charge is 0.169 e. The molecule has 2 atom stereocenters.